The van der Waals surface area contributed by atoms with Crippen LogP contribution in [0.15, 0.2) is 0 Å². The molecule has 0 aromatic heterocycles. The van der Waals surface area contributed by atoms with Crippen molar-refractivity contribution in [3.8, 4) is 0 Å². The monoisotopic (exact) mass is 399 g/mol. The van der Waals surface area contributed by atoms with Crippen LogP contribution in [-0.4, -0.2) is 66.8 Å². The molecule has 0 saturated heterocycles. The lowest BCUT2D eigenvalue weighted by molar-refractivity contribution is 0.0526. The normalized spacial score (nSPS) is 13.2. The number of rotatable bonds is 16. The maximum absolute atomic E-state index is 11.8. The minimum atomic E-state index is -0.433. The number of ether oxygens (including phenoxy) is 1. The van der Waals surface area contributed by atoms with Gasteiger partial charge in [0.25, 0.3) is 0 Å². The fraction of sp³-hybridized carbons (Fsp3) is 0.957. The van der Waals surface area contributed by atoms with Crippen molar-refractivity contribution in [2.24, 2.45) is 0 Å². The van der Waals surface area contributed by atoms with Crippen LogP contribution in [0.1, 0.15) is 93.4 Å². The minimum absolute atomic E-state index is 0.306. The van der Waals surface area contributed by atoms with E-state index in [-0.39, 0.29) is 6.09 Å². The van der Waals surface area contributed by atoms with E-state index in [0.717, 1.165) is 12.8 Å². The van der Waals surface area contributed by atoms with Crippen molar-refractivity contribution in [1.29, 1.82) is 0 Å². The summed E-state index contributed by atoms with van der Waals surface area (Å²) in [5.74, 6) is 0. The Balaban J connectivity index is 4.59. The Morgan fingerprint density at radius 3 is 1.89 bits per heavy atom. The highest BCUT2D eigenvalue weighted by Gasteiger charge is 2.20. The smallest absolute Gasteiger partial charge is 0.407 e. The fourth-order valence-electron chi connectivity index (χ4n) is 3.68. The molecule has 0 bridgehead atoms. The second kappa shape index (κ2) is 16.0. The summed E-state index contributed by atoms with van der Waals surface area (Å²) in [4.78, 5) is 17.1. The number of amides is 1. The number of carbonyl (C=O) groups is 1. The van der Waals surface area contributed by atoms with Gasteiger partial charge in [-0.25, -0.2) is 4.79 Å². The Morgan fingerprint density at radius 2 is 1.43 bits per heavy atom. The molecule has 0 saturated carbocycles. The quantitative estimate of drug-likeness (QED) is 0.358. The van der Waals surface area contributed by atoms with E-state index < -0.39 is 5.60 Å². The number of carbonyl (C=O) groups excluding carboxylic acids is 1. The summed E-state index contributed by atoms with van der Waals surface area (Å²) in [6.45, 7) is 21.4. The molecule has 5 heteroatoms. The van der Waals surface area contributed by atoms with E-state index in [2.05, 4.69) is 42.8 Å². The molecule has 0 aliphatic heterocycles. The molecule has 0 aromatic rings. The molecular weight excluding hydrogens is 350 g/mol. The van der Waals surface area contributed by atoms with Crippen LogP contribution in [0.3, 0.4) is 0 Å². The van der Waals surface area contributed by atoms with E-state index >= 15 is 0 Å². The molecule has 5 nitrogen and oxygen atoms in total. The van der Waals surface area contributed by atoms with Crippen LogP contribution in [0, 0.1) is 0 Å². The van der Waals surface area contributed by atoms with Crippen molar-refractivity contribution in [2.45, 2.75) is 105 Å². The molecule has 1 amide bonds. The Bertz CT molecular complexity index is 371. The first-order chi connectivity index (χ1) is 13.3. The molecule has 28 heavy (non-hydrogen) atoms. The molecule has 1 atom stereocenters. The van der Waals surface area contributed by atoms with Gasteiger partial charge in [-0.1, -0.05) is 34.1 Å². The van der Waals surface area contributed by atoms with Crippen LogP contribution in [0.5, 0.6) is 0 Å². The van der Waals surface area contributed by atoms with Gasteiger partial charge in [0.2, 0.25) is 0 Å². The molecule has 168 valence electrons. The maximum Gasteiger partial charge on any atom is 0.407 e. The van der Waals surface area contributed by atoms with E-state index in [4.69, 9.17) is 4.74 Å². The number of unbranched alkanes of at least 4 members (excludes halogenated alkanes) is 1. The van der Waals surface area contributed by atoms with Gasteiger partial charge < -0.3 is 15.0 Å². The summed E-state index contributed by atoms with van der Waals surface area (Å²) in [6, 6.07) is 0.611. The van der Waals surface area contributed by atoms with Gasteiger partial charge in [0.15, 0.2) is 0 Å². The van der Waals surface area contributed by atoms with Gasteiger partial charge in [-0.05, 0) is 85.5 Å². The first-order valence-corrected chi connectivity index (χ1v) is 11.7. The van der Waals surface area contributed by atoms with Gasteiger partial charge >= 0.3 is 6.09 Å². The van der Waals surface area contributed by atoms with E-state index in [1.54, 1.807) is 0 Å². The average molecular weight is 400 g/mol. The molecular formula is C23H49N3O2. The van der Waals surface area contributed by atoms with Crippen LogP contribution >= 0.6 is 0 Å². The van der Waals surface area contributed by atoms with Crippen LogP contribution in [-0.2, 0) is 4.74 Å². The largest absolute Gasteiger partial charge is 0.444 e. The maximum atomic E-state index is 11.8. The van der Waals surface area contributed by atoms with Crippen molar-refractivity contribution in [2.75, 3.05) is 39.3 Å². The van der Waals surface area contributed by atoms with Crippen LogP contribution in [0.4, 0.5) is 4.79 Å². The third-order valence-corrected chi connectivity index (χ3v) is 4.72. The highest BCUT2D eigenvalue weighted by atomic mass is 16.6. The van der Waals surface area contributed by atoms with Crippen LogP contribution in [0.2, 0.25) is 0 Å². The van der Waals surface area contributed by atoms with E-state index in [1.165, 1.54) is 64.8 Å². The molecule has 0 spiro atoms. The molecule has 0 aliphatic rings. The number of nitrogens with zero attached hydrogens (tertiary/aromatic N) is 2. The van der Waals surface area contributed by atoms with Crippen molar-refractivity contribution >= 4 is 6.09 Å². The Hall–Kier alpha value is -0.810. The summed E-state index contributed by atoms with van der Waals surface area (Å²) in [6.07, 6.45) is 7.87. The Morgan fingerprint density at radius 1 is 0.893 bits per heavy atom. The SMILES string of the molecule is CCCN(CCC)CC(CCCCNC(=O)OC(C)(C)C)N(CCC)CCC. The zero-order valence-electron chi connectivity index (χ0n) is 20.0. The summed E-state index contributed by atoms with van der Waals surface area (Å²) in [7, 11) is 0. The predicted molar refractivity (Wildman–Crippen MR) is 121 cm³/mol. The molecule has 1 N–H and O–H groups in total. The van der Waals surface area contributed by atoms with Crippen molar-refractivity contribution in [3.05, 3.63) is 0 Å². The third kappa shape index (κ3) is 14.2. The Kier molecular flexibility index (Phi) is 15.6. The lowest BCUT2D eigenvalue weighted by atomic mass is 10.1. The van der Waals surface area contributed by atoms with Crippen LogP contribution in [0.25, 0.3) is 0 Å². The van der Waals surface area contributed by atoms with Gasteiger partial charge in [-0.3, -0.25) is 4.90 Å². The molecule has 0 fully saturated rings. The van der Waals surface area contributed by atoms with Gasteiger partial charge in [0.05, 0.1) is 0 Å². The fourth-order valence-corrected chi connectivity index (χ4v) is 3.68. The lowest BCUT2D eigenvalue weighted by Crippen LogP contribution is -2.45. The second-order valence-corrected chi connectivity index (χ2v) is 8.91. The summed E-state index contributed by atoms with van der Waals surface area (Å²) in [5.41, 5.74) is -0.433. The zero-order valence-corrected chi connectivity index (χ0v) is 20.0. The Labute approximate surface area is 175 Å². The number of nitrogens with one attached hydrogen (secondary N) is 1. The van der Waals surface area contributed by atoms with Crippen LogP contribution < -0.4 is 5.32 Å². The van der Waals surface area contributed by atoms with Crippen molar-refractivity contribution in [1.82, 2.24) is 15.1 Å². The highest BCUT2D eigenvalue weighted by Crippen LogP contribution is 2.14. The zero-order chi connectivity index (χ0) is 21.4. The number of alkyl carbamates (subject to hydrolysis) is 1. The second-order valence-electron chi connectivity index (χ2n) is 8.91. The van der Waals surface area contributed by atoms with Crippen molar-refractivity contribution < 1.29 is 9.53 Å². The number of hydrogen-bond donors (Lipinski definition) is 1. The molecule has 0 aromatic carbocycles. The lowest BCUT2D eigenvalue weighted by Gasteiger charge is -2.35. The molecule has 1 unspecified atom stereocenters. The summed E-state index contributed by atoms with van der Waals surface area (Å²) >= 11 is 0. The van der Waals surface area contributed by atoms with Gasteiger partial charge in [0, 0.05) is 19.1 Å². The van der Waals surface area contributed by atoms with Gasteiger partial charge in [-0.15, -0.1) is 0 Å². The molecule has 0 heterocycles. The average Bonchev–Trinajstić information content (AvgIpc) is 2.59. The number of hydrogen-bond acceptors (Lipinski definition) is 4. The van der Waals surface area contributed by atoms with E-state index in [9.17, 15) is 4.79 Å². The summed E-state index contributed by atoms with van der Waals surface area (Å²) < 4.78 is 5.31. The summed E-state index contributed by atoms with van der Waals surface area (Å²) in [5, 5.41) is 2.89. The van der Waals surface area contributed by atoms with E-state index in [1.807, 2.05) is 20.8 Å². The predicted octanol–water partition coefficient (Wildman–Crippen LogP) is 5.29. The van der Waals surface area contributed by atoms with Gasteiger partial charge in [-0.2, -0.15) is 0 Å². The minimum Gasteiger partial charge on any atom is -0.444 e. The standard InChI is InChI=1S/C23H49N3O2/c1-8-16-25(17-9-2)20-21(26(18-10-3)19-11-4)14-12-13-15-24-22(27)28-23(5,6)7/h21H,8-20H2,1-7H3,(H,24,27). The molecule has 0 aliphatic carbocycles. The first-order valence-electron chi connectivity index (χ1n) is 11.7. The third-order valence-electron chi connectivity index (χ3n) is 4.72. The molecule has 0 radical (unpaired) electrons. The first kappa shape index (κ1) is 27.2. The van der Waals surface area contributed by atoms with Gasteiger partial charge in [0.1, 0.15) is 5.60 Å². The molecule has 0 rings (SSSR count). The highest BCUT2D eigenvalue weighted by molar-refractivity contribution is 5.67. The van der Waals surface area contributed by atoms with E-state index in [0.29, 0.717) is 12.6 Å². The topological polar surface area (TPSA) is 44.8 Å². The van der Waals surface area contributed by atoms with Crippen molar-refractivity contribution in [3.63, 3.8) is 0 Å².